The monoisotopic (exact) mass is 751 g/mol. The van der Waals surface area contributed by atoms with Crippen LogP contribution in [0.25, 0.3) is 22.3 Å². The van der Waals surface area contributed by atoms with Gasteiger partial charge in [-0.15, -0.1) is 0 Å². The summed E-state index contributed by atoms with van der Waals surface area (Å²) >= 11 is 0. The summed E-state index contributed by atoms with van der Waals surface area (Å²) in [5.74, 6) is -2.78. The zero-order valence-corrected chi connectivity index (χ0v) is 31.8. The van der Waals surface area contributed by atoms with Crippen LogP contribution in [0.5, 0.6) is 5.75 Å². The summed E-state index contributed by atoms with van der Waals surface area (Å²) in [6, 6.07) is 5.37. The lowest BCUT2D eigenvalue weighted by Crippen LogP contribution is -2.50. The number of ether oxygens (including phenoxy) is 5. The highest BCUT2D eigenvalue weighted by Gasteiger charge is 2.51. The topological polar surface area (TPSA) is 202 Å². The van der Waals surface area contributed by atoms with Crippen LogP contribution >= 0.6 is 0 Å². The first-order chi connectivity index (χ1) is 25.5. The summed E-state index contributed by atoms with van der Waals surface area (Å²) in [6.45, 7) is 11.6. The summed E-state index contributed by atoms with van der Waals surface area (Å²) in [5.41, 5.74) is 0.839. The maximum absolute atomic E-state index is 14.0. The summed E-state index contributed by atoms with van der Waals surface area (Å²) in [7, 11) is 0. The van der Waals surface area contributed by atoms with Crippen LogP contribution < -0.4 is 10.9 Å². The minimum absolute atomic E-state index is 0.0562. The third kappa shape index (κ3) is 8.43. The van der Waals surface area contributed by atoms with E-state index < -0.39 is 59.0 Å². The Hall–Kier alpha value is -4.86. The number of aliphatic hydroxyl groups is 1. The Kier molecular flexibility index (Phi) is 12.1. The van der Waals surface area contributed by atoms with Gasteiger partial charge in [-0.3, -0.25) is 14.4 Å². The molecule has 15 heteroatoms. The number of pyridine rings is 2. The van der Waals surface area contributed by atoms with Gasteiger partial charge in [0, 0.05) is 29.4 Å². The van der Waals surface area contributed by atoms with E-state index in [1.807, 2.05) is 27.7 Å². The number of esters is 3. The first-order valence-electron chi connectivity index (χ1n) is 18.2. The fourth-order valence-corrected chi connectivity index (χ4v) is 6.77. The van der Waals surface area contributed by atoms with Gasteiger partial charge in [-0.05, 0) is 83.7 Å². The van der Waals surface area contributed by atoms with Crippen LogP contribution in [0.4, 0.5) is 0 Å². The second-order valence-corrected chi connectivity index (χ2v) is 14.6. The number of nitrogens with one attached hydrogen (secondary N) is 1. The molecule has 0 saturated carbocycles. The number of hydrogen-bond donors (Lipinski definition) is 3. The third-order valence-corrected chi connectivity index (χ3v) is 9.41. The van der Waals surface area contributed by atoms with Gasteiger partial charge in [0.2, 0.25) is 11.5 Å². The molecule has 3 N–H and O–H groups in total. The molecule has 2 unspecified atom stereocenters. The van der Waals surface area contributed by atoms with Crippen molar-refractivity contribution in [2.75, 3.05) is 13.2 Å². The first kappa shape index (κ1) is 40.3. The van der Waals surface area contributed by atoms with Crippen molar-refractivity contribution in [1.29, 1.82) is 0 Å². The van der Waals surface area contributed by atoms with Gasteiger partial charge < -0.3 is 43.8 Å². The number of aryl methyl sites for hydroxylation is 1. The molecule has 2 aliphatic rings. The molecule has 0 aliphatic carbocycles. The van der Waals surface area contributed by atoms with E-state index in [1.54, 1.807) is 42.7 Å². The molecule has 0 bridgehead atoms. The molecule has 54 heavy (non-hydrogen) atoms. The minimum atomic E-state index is -1.96. The zero-order chi connectivity index (χ0) is 39.5. The Morgan fingerprint density at radius 2 is 1.83 bits per heavy atom. The molecule has 2 aromatic heterocycles. The van der Waals surface area contributed by atoms with Gasteiger partial charge in [0.05, 0.1) is 47.3 Å². The first-order valence-corrected chi connectivity index (χ1v) is 18.2. The summed E-state index contributed by atoms with van der Waals surface area (Å²) < 4.78 is 29.5. The highest BCUT2D eigenvalue weighted by Crippen LogP contribution is 2.42. The fraction of sp³-hybridized carbons (Fsp3) is 0.538. The maximum Gasteiger partial charge on any atom is 0.355 e. The number of benzene rings is 1. The number of phenolic OH excluding ortho intramolecular Hbond substituents is 1. The molecule has 5 rings (SSSR count). The van der Waals surface area contributed by atoms with Crippen molar-refractivity contribution in [2.24, 2.45) is 0 Å². The number of nitrogens with zero attached hydrogens (tertiary/aromatic N) is 2. The number of aromatic hydroxyl groups is 1. The second kappa shape index (κ2) is 16.2. The van der Waals surface area contributed by atoms with Gasteiger partial charge in [-0.1, -0.05) is 13.8 Å². The van der Waals surface area contributed by atoms with Crippen molar-refractivity contribution in [3.63, 3.8) is 0 Å². The number of aliphatic hydroxyl groups excluding tert-OH is 1. The molecule has 0 fully saturated rings. The van der Waals surface area contributed by atoms with Crippen molar-refractivity contribution in [2.45, 2.75) is 123 Å². The average Bonchev–Trinajstić information content (AvgIpc) is 3.48. The van der Waals surface area contributed by atoms with Crippen LogP contribution in [0, 0.1) is 0 Å². The van der Waals surface area contributed by atoms with E-state index in [9.17, 15) is 34.2 Å². The number of phenols is 1. The Bertz CT molecular complexity index is 2000. The molecule has 0 spiro atoms. The molecular weight excluding hydrogens is 702 g/mol. The lowest BCUT2D eigenvalue weighted by molar-refractivity contribution is -0.235. The van der Waals surface area contributed by atoms with E-state index in [4.69, 9.17) is 28.7 Å². The van der Waals surface area contributed by atoms with Crippen LogP contribution in [0.15, 0.2) is 29.1 Å². The van der Waals surface area contributed by atoms with Gasteiger partial charge in [0.15, 0.2) is 6.29 Å². The van der Waals surface area contributed by atoms with Crippen LogP contribution in [0.1, 0.15) is 96.4 Å². The number of amides is 1. The lowest BCUT2D eigenvalue weighted by atomic mass is 9.85. The lowest BCUT2D eigenvalue weighted by Gasteiger charge is -2.36. The molecule has 292 valence electrons. The normalized spacial score (nSPS) is 17.8. The standard InChI is InChI=1S/C39H49N3O12/c1-8-24-25-15-23(44)13-14-29(25)41-34-26(24)17-42-30(34)16-28-27(35(42)47)19-51-37(49)39(28,9-2)54-36(48)22(4)40-31(45)11-10-12-32(46)50-20-33(52-21(3)18-43)53-38(5,6)7/h13-16,21-22,33,43-44H,8-12,17-20H2,1-7H3,(H,40,45)/t21?,22-,33?,39-/m0/s1. The van der Waals surface area contributed by atoms with E-state index >= 15 is 0 Å². The summed E-state index contributed by atoms with van der Waals surface area (Å²) in [5, 5.41) is 22.8. The van der Waals surface area contributed by atoms with Crippen LogP contribution in [0.3, 0.4) is 0 Å². The largest absolute Gasteiger partial charge is 0.508 e. The van der Waals surface area contributed by atoms with Crippen molar-refractivity contribution in [3.05, 3.63) is 56.9 Å². The van der Waals surface area contributed by atoms with E-state index in [0.717, 1.165) is 16.5 Å². The Morgan fingerprint density at radius 3 is 2.50 bits per heavy atom. The van der Waals surface area contributed by atoms with Gasteiger partial charge in [0.1, 0.15) is 25.0 Å². The molecular formula is C39H49N3O12. The van der Waals surface area contributed by atoms with Gasteiger partial charge in [-0.25, -0.2) is 14.6 Å². The number of aromatic nitrogens is 2. The number of cyclic esters (lactones) is 1. The Morgan fingerprint density at radius 1 is 1.09 bits per heavy atom. The predicted molar refractivity (Wildman–Crippen MR) is 194 cm³/mol. The summed E-state index contributed by atoms with van der Waals surface area (Å²) in [4.78, 5) is 71.0. The SMILES string of the molecule is CCc1c2c(nc3ccc(O)cc13)-c1cc3c(c(=O)n1C2)COC(=O)[C@@]3(CC)OC(=O)[C@H](C)NC(=O)CCCC(=O)OCC(OC(C)CO)OC(C)(C)C. The Labute approximate surface area is 312 Å². The van der Waals surface area contributed by atoms with Crippen LogP contribution in [0.2, 0.25) is 0 Å². The van der Waals surface area contributed by atoms with Gasteiger partial charge >= 0.3 is 17.9 Å². The van der Waals surface area contributed by atoms with Crippen molar-refractivity contribution < 1.29 is 53.1 Å². The van der Waals surface area contributed by atoms with E-state index in [1.165, 1.54) is 6.92 Å². The van der Waals surface area contributed by atoms with Crippen molar-refractivity contribution >= 4 is 34.7 Å². The summed E-state index contributed by atoms with van der Waals surface area (Å²) in [6.07, 6.45) is -0.965. The second-order valence-electron chi connectivity index (χ2n) is 14.6. The van der Waals surface area contributed by atoms with Crippen LogP contribution in [-0.2, 0) is 68.0 Å². The molecule has 15 nitrogen and oxygen atoms in total. The minimum Gasteiger partial charge on any atom is -0.508 e. The molecule has 4 atom stereocenters. The van der Waals surface area contributed by atoms with E-state index in [0.29, 0.717) is 23.3 Å². The fourth-order valence-electron chi connectivity index (χ4n) is 6.77. The number of fused-ring (bicyclic) bond motifs is 5. The number of carbonyl (C=O) groups excluding carboxylic acids is 4. The number of rotatable bonds is 15. The quantitative estimate of drug-likeness (QED) is 0.0904. The number of carbonyl (C=O) groups is 4. The predicted octanol–water partition coefficient (Wildman–Crippen LogP) is 3.66. The van der Waals surface area contributed by atoms with Crippen LogP contribution in [-0.4, -0.2) is 80.8 Å². The highest BCUT2D eigenvalue weighted by molar-refractivity contribution is 5.91. The third-order valence-electron chi connectivity index (χ3n) is 9.41. The zero-order valence-electron chi connectivity index (χ0n) is 31.8. The molecule has 2 aliphatic heterocycles. The maximum atomic E-state index is 14.0. The van der Waals surface area contributed by atoms with E-state index in [-0.39, 0.29) is 68.9 Å². The van der Waals surface area contributed by atoms with Gasteiger partial charge in [-0.2, -0.15) is 0 Å². The van der Waals surface area contributed by atoms with E-state index in [2.05, 4.69) is 5.32 Å². The molecule has 0 radical (unpaired) electrons. The molecule has 1 amide bonds. The van der Waals surface area contributed by atoms with Crippen molar-refractivity contribution in [3.8, 4) is 17.1 Å². The smallest absolute Gasteiger partial charge is 0.355 e. The van der Waals surface area contributed by atoms with Crippen molar-refractivity contribution in [1.82, 2.24) is 14.9 Å². The molecule has 4 heterocycles. The van der Waals surface area contributed by atoms with Gasteiger partial charge in [0.25, 0.3) is 5.56 Å². The Balaban J connectivity index is 1.26. The number of hydrogen-bond acceptors (Lipinski definition) is 13. The highest BCUT2D eigenvalue weighted by atomic mass is 16.7. The molecule has 1 aromatic carbocycles. The molecule has 3 aromatic rings. The molecule has 0 saturated heterocycles. The average molecular weight is 752 g/mol.